The predicted octanol–water partition coefficient (Wildman–Crippen LogP) is 5.08. The second kappa shape index (κ2) is 9.23. The zero-order chi connectivity index (χ0) is 23.7. The Morgan fingerprint density at radius 3 is 2.55 bits per heavy atom. The van der Waals surface area contributed by atoms with E-state index in [4.69, 9.17) is 4.74 Å². The Balaban J connectivity index is 1.73. The number of aryl methyl sites for hydroxylation is 3. The van der Waals surface area contributed by atoms with Crippen LogP contribution in [0.1, 0.15) is 53.1 Å². The minimum Gasteiger partial charge on any atom is -0.487 e. The van der Waals surface area contributed by atoms with Crippen LogP contribution in [0.15, 0.2) is 40.8 Å². The van der Waals surface area contributed by atoms with E-state index in [1.165, 1.54) is 0 Å². The number of nitrogens with zero attached hydrogens (tertiary/aromatic N) is 5. The maximum atomic E-state index is 13.4. The fourth-order valence-electron chi connectivity index (χ4n) is 3.56. The highest BCUT2D eigenvalue weighted by Gasteiger charge is 2.16. The molecule has 0 radical (unpaired) electrons. The fraction of sp³-hybridized carbons (Fsp3) is 0.320. The van der Waals surface area contributed by atoms with Crippen molar-refractivity contribution in [1.29, 1.82) is 0 Å². The molecule has 0 fully saturated rings. The van der Waals surface area contributed by atoms with Crippen LogP contribution in [0.25, 0.3) is 17.1 Å². The maximum absolute atomic E-state index is 13.4. The van der Waals surface area contributed by atoms with Crippen molar-refractivity contribution in [1.82, 2.24) is 24.5 Å². The SMILES string of the molecule is Cc1nc(COc2cc(C)n(-c3cc(-c4ccnc(C(C)C)n4)ncc3C)c(=O)c2C)cs1. The smallest absolute Gasteiger partial charge is 0.261 e. The van der Waals surface area contributed by atoms with Crippen LogP contribution in [0.5, 0.6) is 5.75 Å². The number of hydrogen-bond acceptors (Lipinski definition) is 7. The molecule has 8 heteroatoms. The molecule has 0 N–H and O–H groups in total. The van der Waals surface area contributed by atoms with Gasteiger partial charge in [0, 0.05) is 35.5 Å². The highest BCUT2D eigenvalue weighted by molar-refractivity contribution is 7.09. The van der Waals surface area contributed by atoms with Crippen molar-refractivity contribution in [2.45, 2.75) is 54.1 Å². The van der Waals surface area contributed by atoms with Gasteiger partial charge in [-0.1, -0.05) is 13.8 Å². The Morgan fingerprint density at radius 1 is 1.06 bits per heavy atom. The predicted molar refractivity (Wildman–Crippen MR) is 130 cm³/mol. The molecule has 0 unspecified atom stereocenters. The van der Waals surface area contributed by atoms with Gasteiger partial charge in [-0.2, -0.15) is 0 Å². The van der Waals surface area contributed by atoms with E-state index in [1.807, 2.05) is 44.4 Å². The van der Waals surface area contributed by atoms with Gasteiger partial charge in [0.05, 0.1) is 33.3 Å². The van der Waals surface area contributed by atoms with Crippen molar-refractivity contribution in [2.24, 2.45) is 0 Å². The molecule has 0 aromatic carbocycles. The molecule has 0 bridgehead atoms. The highest BCUT2D eigenvalue weighted by Crippen LogP contribution is 2.25. The molecule has 0 atom stereocenters. The van der Waals surface area contributed by atoms with Crippen LogP contribution in [-0.2, 0) is 6.61 Å². The van der Waals surface area contributed by atoms with Gasteiger partial charge in [-0.05, 0) is 45.4 Å². The fourth-order valence-corrected chi connectivity index (χ4v) is 4.16. The van der Waals surface area contributed by atoms with Crippen LogP contribution in [0.4, 0.5) is 0 Å². The van der Waals surface area contributed by atoms with Crippen molar-refractivity contribution in [3.05, 3.63) is 79.7 Å². The van der Waals surface area contributed by atoms with Gasteiger partial charge >= 0.3 is 0 Å². The summed E-state index contributed by atoms with van der Waals surface area (Å²) in [5.74, 6) is 1.55. The third-order valence-electron chi connectivity index (χ3n) is 5.40. The molecule has 0 saturated heterocycles. The second-order valence-corrected chi connectivity index (χ2v) is 9.44. The van der Waals surface area contributed by atoms with Gasteiger partial charge in [0.15, 0.2) is 0 Å². The minimum atomic E-state index is -0.120. The average molecular weight is 462 g/mol. The van der Waals surface area contributed by atoms with Gasteiger partial charge in [0.1, 0.15) is 18.2 Å². The highest BCUT2D eigenvalue weighted by atomic mass is 32.1. The molecule has 0 amide bonds. The van der Waals surface area contributed by atoms with Crippen LogP contribution in [0.3, 0.4) is 0 Å². The molecular formula is C25H27N5O2S. The van der Waals surface area contributed by atoms with E-state index >= 15 is 0 Å². The molecular weight excluding hydrogens is 434 g/mol. The zero-order valence-electron chi connectivity index (χ0n) is 19.7. The van der Waals surface area contributed by atoms with E-state index in [-0.39, 0.29) is 11.5 Å². The van der Waals surface area contributed by atoms with Gasteiger partial charge in [-0.25, -0.2) is 15.0 Å². The van der Waals surface area contributed by atoms with Crippen molar-refractivity contribution >= 4 is 11.3 Å². The number of pyridine rings is 2. The number of thiazole rings is 1. The van der Waals surface area contributed by atoms with E-state index in [2.05, 4.69) is 33.8 Å². The molecule has 0 aliphatic rings. The lowest BCUT2D eigenvalue weighted by atomic mass is 10.1. The summed E-state index contributed by atoms with van der Waals surface area (Å²) in [6.07, 6.45) is 3.52. The molecule has 4 heterocycles. The van der Waals surface area contributed by atoms with Gasteiger partial charge in [0.2, 0.25) is 0 Å². The monoisotopic (exact) mass is 461 g/mol. The van der Waals surface area contributed by atoms with Crippen LogP contribution >= 0.6 is 11.3 Å². The Kier molecular flexibility index (Phi) is 6.37. The lowest BCUT2D eigenvalue weighted by molar-refractivity contribution is 0.298. The van der Waals surface area contributed by atoms with Crippen molar-refractivity contribution < 1.29 is 4.74 Å². The molecule has 7 nitrogen and oxygen atoms in total. The Morgan fingerprint density at radius 2 is 1.85 bits per heavy atom. The first-order valence-corrected chi connectivity index (χ1v) is 11.7. The summed E-state index contributed by atoms with van der Waals surface area (Å²) >= 11 is 1.58. The van der Waals surface area contributed by atoms with Crippen molar-refractivity contribution in [2.75, 3.05) is 0 Å². The van der Waals surface area contributed by atoms with E-state index in [0.717, 1.165) is 39.2 Å². The van der Waals surface area contributed by atoms with Crippen LogP contribution in [-0.4, -0.2) is 24.5 Å². The van der Waals surface area contributed by atoms with E-state index < -0.39 is 0 Å². The molecule has 4 aromatic heterocycles. The topological polar surface area (TPSA) is 82.8 Å². The summed E-state index contributed by atoms with van der Waals surface area (Å²) in [6.45, 7) is 12.0. The number of hydrogen-bond donors (Lipinski definition) is 0. The summed E-state index contributed by atoms with van der Waals surface area (Å²) in [5.41, 5.74) is 5.17. The Bertz CT molecular complexity index is 1370. The summed E-state index contributed by atoms with van der Waals surface area (Å²) in [5, 5.41) is 2.96. The summed E-state index contributed by atoms with van der Waals surface area (Å²) in [6, 6.07) is 5.65. The van der Waals surface area contributed by atoms with Crippen molar-refractivity contribution in [3.63, 3.8) is 0 Å². The molecule has 0 spiro atoms. The molecule has 4 aromatic rings. The zero-order valence-corrected chi connectivity index (χ0v) is 20.5. The lowest BCUT2D eigenvalue weighted by Crippen LogP contribution is -2.24. The van der Waals surface area contributed by atoms with Gasteiger partial charge < -0.3 is 4.74 Å². The molecule has 170 valence electrons. The van der Waals surface area contributed by atoms with Crippen molar-refractivity contribution in [3.8, 4) is 22.8 Å². The van der Waals surface area contributed by atoms with E-state index in [1.54, 1.807) is 35.2 Å². The maximum Gasteiger partial charge on any atom is 0.261 e. The second-order valence-electron chi connectivity index (χ2n) is 8.37. The summed E-state index contributed by atoms with van der Waals surface area (Å²) in [7, 11) is 0. The van der Waals surface area contributed by atoms with Gasteiger partial charge in [0.25, 0.3) is 5.56 Å². The number of aromatic nitrogens is 5. The first-order valence-electron chi connectivity index (χ1n) is 10.8. The number of rotatable bonds is 6. The molecule has 0 aliphatic heterocycles. The first kappa shape index (κ1) is 22.8. The molecule has 4 rings (SSSR count). The molecule has 0 aliphatic carbocycles. The standard InChI is InChI=1S/C25H27N5O2S/c1-14(2)24-26-8-7-20(29-24)21-10-22(15(3)11-27-21)30-16(4)9-23(17(5)25(30)31)32-12-19-13-33-18(6)28-19/h7-11,13-14H,12H2,1-6H3. The van der Waals surface area contributed by atoms with E-state index in [9.17, 15) is 4.79 Å². The third-order valence-corrected chi connectivity index (χ3v) is 6.22. The van der Waals surface area contributed by atoms with Gasteiger partial charge in [-0.3, -0.25) is 14.3 Å². The molecule has 33 heavy (non-hydrogen) atoms. The normalized spacial score (nSPS) is 11.2. The third kappa shape index (κ3) is 4.71. The summed E-state index contributed by atoms with van der Waals surface area (Å²) < 4.78 is 7.66. The van der Waals surface area contributed by atoms with E-state index in [0.29, 0.717) is 23.6 Å². The van der Waals surface area contributed by atoms with Crippen LogP contribution in [0.2, 0.25) is 0 Å². The first-order chi connectivity index (χ1) is 15.7. The minimum absolute atomic E-state index is 0.120. The Hall–Kier alpha value is -3.39. The quantitative estimate of drug-likeness (QED) is 0.398. The largest absolute Gasteiger partial charge is 0.487 e. The number of ether oxygens (including phenoxy) is 1. The van der Waals surface area contributed by atoms with Crippen LogP contribution in [0, 0.1) is 27.7 Å². The van der Waals surface area contributed by atoms with Crippen LogP contribution < -0.4 is 10.3 Å². The molecule has 0 saturated carbocycles. The lowest BCUT2D eigenvalue weighted by Gasteiger charge is -2.17. The average Bonchev–Trinajstić information content (AvgIpc) is 3.21. The summed E-state index contributed by atoms with van der Waals surface area (Å²) in [4.78, 5) is 31.4. The van der Waals surface area contributed by atoms with Gasteiger partial charge in [-0.15, -0.1) is 11.3 Å². The Labute approximate surface area is 197 Å².